The Balaban J connectivity index is 1.69. The van der Waals surface area contributed by atoms with Gasteiger partial charge in [-0.25, -0.2) is 0 Å². The van der Waals surface area contributed by atoms with E-state index in [1.165, 1.54) is 5.56 Å². The minimum atomic E-state index is 0.776. The van der Waals surface area contributed by atoms with Crippen LogP contribution in [0.5, 0.6) is 0 Å². The van der Waals surface area contributed by atoms with Gasteiger partial charge in [-0.1, -0.05) is 12.1 Å². The largest absolute Gasteiger partial charge is 0.399 e. The maximum atomic E-state index is 5.70. The van der Waals surface area contributed by atoms with Gasteiger partial charge >= 0.3 is 0 Å². The lowest BCUT2D eigenvalue weighted by Gasteiger charge is -1.99. The van der Waals surface area contributed by atoms with Gasteiger partial charge in [0, 0.05) is 37.2 Å². The number of hydrogen-bond donors (Lipinski definition) is 1. The fraction of sp³-hybridized carbons (Fsp3) is 0.200. The fourth-order valence-electron chi connectivity index (χ4n) is 2.16. The van der Waals surface area contributed by atoms with Crippen LogP contribution in [0.1, 0.15) is 5.56 Å². The van der Waals surface area contributed by atoms with Crippen LogP contribution < -0.4 is 5.73 Å². The number of hydrogen-bond acceptors (Lipinski definition) is 3. The Morgan fingerprint density at radius 3 is 2.50 bits per heavy atom. The molecule has 0 aliphatic heterocycles. The summed E-state index contributed by atoms with van der Waals surface area (Å²) in [4.78, 5) is 0. The van der Waals surface area contributed by atoms with E-state index in [1.807, 2.05) is 59.3 Å². The molecule has 0 bridgehead atoms. The zero-order valence-electron chi connectivity index (χ0n) is 11.4. The number of aromatic nitrogens is 4. The van der Waals surface area contributed by atoms with Crippen LogP contribution in [0, 0.1) is 0 Å². The van der Waals surface area contributed by atoms with E-state index >= 15 is 0 Å². The quantitative estimate of drug-likeness (QED) is 0.736. The molecule has 0 fully saturated rings. The zero-order chi connectivity index (χ0) is 13.9. The summed E-state index contributed by atoms with van der Waals surface area (Å²) in [6.07, 6.45) is 8.79. The van der Waals surface area contributed by atoms with E-state index < -0.39 is 0 Å². The molecule has 2 heterocycles. The minimum absolute atomic E-state index is 0.776. The Hall–Kier alpha value is -2.56. The summed E-state index contributed by atoms with van der Waals surface area (Å²) in [6.45, 7) is 0.848. The molecular formula is C15H17N5. The smallest absolute Gasteiger partial charge is 0.0568 e. The third-order valence-electron chi connectivity index (χ3n) is 3.27. The van der Waals surface area contributed by atoms with Crippen LogP contribution in [0.4, 0.5) is 5.69 Å². The molecule has 3 aromatic rings. The third kappa shape index (κ3) is 2.71. The predicted molar refractivity (Wildman–Crippen MR) is 79.0 cm³/mol. The molecule has 0 saturated heterocycles. The third-order valence-corrected chi connectivity index (χ3v) is 3.27. The zero-order valence-corrected chi connectivity index (χ0v) is 11.4. The van der Waals surface area contributed by atoms with Gasteiger partial charge < -0.3 is 5.73 Å². The van der Waals surface area contributed by atoms with Crippen LogP contribution in [-0.4, -0.2) is 19.6 Å². The average Bonchev–Trinajstić information content (AvgIpc) is 3.06. The molecule has 102 valence electrons. The SMILES string of the molecule is Cn1cc(CCn2cc(-c3ccc(N)cc3)cn2)cn1. The first kappa shape index (κ1) is 12.5. The summed E-state index contributed by atoms with van der Waals surface area (Å²) in [5.74, 6) is 0. The van der Waals surface area contributed by atoms with E-state index in [1.54, 1.807) is 0 Å². The Labute approximate surface area is 117 Å². The van der Waals surface area contributed by atoms with E-state index in [4.69, 9.17) is 5.73 Å². The second-order valence-corrected chi connectivity index (χ2v) is 4.89. The molecule has 2 aromatic heterocycles. The van der Waals surface area contributed by atoms with Gasteiger partial charge in [-0.2, -0.15) is 10.2 Å². The van der Waals surface area contributed by atoms with Crippen LogP contribution in [0.2, 0.25) is 0 Å². The first-order valence-electron chi connectivity index (χ1n) is 6.56. The van der Waals surface area contributed by atoms with Crippen LogP contribution in [0.3, 0.4) is 0 Å². The normalized spacial score (nSPS) is 10.8. The number of anilines is 1. The van der Waals surface area contributed by atoms with E-state index in [2.05, 4.69) is 16.4 Å². The van der Waals surface area contributed by atoms with Gasteiger partial charge in [0.1, 0.15) is 0 Å². The summed E-state index contributed by atoms with van der Waals surface area (Å²) < 4.78 is 3.77. The molecule has 1 aromatic carbocycles. The Morgan fingerprint density at radius 2 is 1.80 bits per heavy atom. The highest BCUT2D eigenvalue weighted by Gasteiger charge is 2.03. The molecule has 0 atom stereocenters. The lowest BCUT2D eigenvalue weighted by molar-refractivity contribution is 0.614. The summed E-state index contributed by atoms with van der Waals surface area (Å²) in [5, 5.41) is 8.56. The molecule has 5 heteroatoms. The number of rotatable bonds is 4. The molecule has 5 nitrogen and oxygen atoms in total. The average molecular weight is 267 g/mol. The second-order valence-electron chi connectivity index (χ2n) is 4.89. The number of nitrogens with zero attached hydrogens (tertiary/aromatic N) is 4. The maximum Gasteiger partial charge on any atom is 0.0568 e. The van der Waals surface area contributed by atoms with E-state index in [-0.39, 0.29) is 0 Å². The highest BCUT2D eigenvalue weighted by atomic mass is 15.3. The molecule has 0 amide bonds. The standard InChI is InChI=1S/C15H17N5/c1-19-10-12(8-17-19)6-7-20-11-14(9-18-20)13-2-4-15(16)5-3-13/h2-5,8-11H,6-7,16H2,1H3. The maximum absolute atomic E-state index is 5.70. The van der Waals surface area contributed by atoms with Crippen molar-refractivity contribution < 1.29 is 0 Å². The fourth-order valence-corrected chi connectivity index (χ4v) is 2.16. The highest BCUT2D eigenvalue weighted by molar-refractivity contribution is 5.63. The van der Waals surface area contributed by atoms with Crippen LogP contribution >= 0.6 is 0 Å². The second kappa shape index (κ2) is 5.21. The molecule has 2 N–H and O–H groups in total. The first-order chi connectivity index (χ1) is 9.70. The monoisotopic (exact) mass is 267 g/mol. The van der Waals surface area contributed by atoms with E-state index in [9.17, 15) is 0 Å². The summed E-state index contributed by atoms with van der Waals surface area (Å²) in [5.41, 5.74) is 9.93. The molecule has 0 radical (unpaired) electrons. The van der Waals surface area contributed by atoms with Gasteiger partial charge in [-0.05, 0) is 29.7 Å². The number of nitrogens with two attached hydrogens (primary N) is 1. The van der Waals surface area contributed by atoms with Crippen molar-refractivity contribution in [1.29, 1.82) is 0 Å². The van der Waals surface area contributed by atoms with E-state index in [0.717, 1.165) is 29.8 Å². The first-order valence-corrected chi connectivity index (χ1v) is 6.56. The molecule has 3 rings (SSSR count). The molecule has 0 aliphatic carbocycles. The summed E-state index contributed by atoms with van der Waals surface area (Å²) in [6, 6.07) is 7.83. The number of benzene rings is 1. The molecule has 0 saturated carbocycles. The van der Waals surface area contributed by atoms with Gasteiger partial charge in [-0.15, -0.1) is 0 Å². The van der Waals surface area contributed by atoms with Crippen molar-refractivity contribution in [2.75, 3.05) is 5.73 Å². The Kier molecular flexibility index (Phi) is 3.25. The number of nitrogen functional groups attached to an aromatic ring is 1. The van der Waals surface area contributed by atoms with Crippen molar-refractivity contribution in [3.05, 3.63) is 54.6 Å². The summed E-state index contributed by atoms with van der Waals surface area (Å²) >= 11 is 0. The Morgan fingerprint density at radius 1 is 1.00 bits per heavy atom. The number of aryl methyl sites for hydroxylation is 3. The molecular weight excluding hydrogens is 250 g/mol. The van der Waals surface area contributed by atoms with Crippen molar-refractivity contribution in [1.82, 2.24) is 19.6 Å². The van der Waals surface area contributed by atoms with Crippen LogP contribution in [0.15, 0.2) is 49.1 Å². The summed E-state index contributed by atoms with van der Waals surface area (Å²) in [7, 11) is 1.93. The molecule has 0 unspecified atom stereocenters. The Bertz CT molecular complexity index is 693. The van der Waals surface area contributed by atoms with Crippen molar-refractivity contribution in [2.45, 2.75) is 13.0 Å². The lowest BCUT2D eigenvalue weighted by atomic mass is 10.1. The van der Waals surface area contributed by atoms with Gasteiger partial charge in [-0.3, -0.25) is 9.36 Å². The van der Waals surface area contributed by atoms with Gasteiger partial charge in [0.25, 0.3) is 0 Å². The van der Waals surface area contributed by atoms with Crippen molar-refractivity contribution >= 4 is 5.69 Å². The van der Waals surface area contributed by atoms with Gasteiger partial charge in [0.05, 0.1) is 12.4 Å². The van der Waals surface area contributed by atoms with Crippen LogP contribution in [0.25, 0.3) is 11.1 Å². The predicted octanol–water partition coefficient (Wildman–Crippen LogP) is 2.11. The topological polar surface area (TPSA) is 61.7 Å². The van der Waals surface area contributed by atoms with Gasteiger partial charge in [0.2, 0.25) is 0 Å². The minimum Gasteiger partial charge on any atom is -0.399 e. The lowest BCUT2D eigenvalue weighted by Crippen LogP contribution is -2.00. The van der Waals surface area contributed by atoms with E-state index in [0.29, 0.717) is 0 Å². The van der Waals surface area contributed by atoms with Gasteiger partial charge in [0.15, 0.2) is 0 Å². The molecule has 20 heavy (non-hydrogen) atoms. The molecule has 0 spiro atoms. The van der Waals surface area contributed by atoms with Crippen molar-refractivity contribution in [3.8, 4) is 11.1 Å². The van der Waals surface area contributed by atoms with Crippen molar-refractivity contribution in [3.63, 3.8) is 0 Å². The van der Waals surface area contributed by atoms with Crippen LogP contribution in [-0.2, 0) is 20.0 Å². The molecule has 0 aliphatic rings. The van der Waals surface area contributed by atoms with Crippen molar-refractivity contribution in [2.24, 2.45) is 7.05 Å². The highest BCUT2D eigenvalue weighted by Crippen LogP contribution is 2.19.